The topological polar surface area (TPSA) is 63.6 Å². The third-order valence-corrected chi connectivity index (χ3v) is 5.26. The highest BCUT2D eigenvalue weighted by molar-refractivity contribution is 6.01. The van der Waals surface area contributed by atoms with Crippen molar-refractivity contribution in [2.75, 3.05) is 0 Å². The number of ether oxygens (including phenoxy) is 1. The number of rotatable bonds is 9. The van der Waals surface area contributed by atoms with Crippen LogP contribution in [0.1, 0.15) is 46.3 Å². The first-order chi connectivity index (χ1) is 14.5. The lowest BCUT2D eigenvalue weighted by Gasteiger charge is -2.21. The molecule has 0 saturated carbocycles. The van der Waals surface area contributed by atoms with E-state index in [-0.39, 0.29) is 12.2 Å². The summed E-state index contributed by atoms with van der Waals surface area (Å²) in [5.41, 5.74) is 3.41. The molecule has 0 amide bonds. The Hall–Kier alpha value is -3.40. The summed E-state index contributed by atoms with van der Waals surface area (Å²) in [5.74, 6) is -1.54. The molecule has 0 fully saturated rings. The van der Waals surface area contributed by atoms with Crippen molar-refractivity contribution in [2.45, 2.75) is 32.8 Å². The SMILES string of the molecule is Cc1ccccc1C(CC(C)C(=O)O)C(=O)c1cccc(OCc2ccccc2)c1. The Morgan fingerprint density at radius 3 is 2.33 bits per heavy atom. The normalized spacial score (nSPS) is 12.7. The minimum atomic E-state index is -0.902. The average Bonchev–Trinajstić information content (AvgIpc) is 2.77. The summed E-state index contributed by atoms with van der Waals surface area (Å²) in [5, 5.41) is 9.39. The number of Topliss-reactive ketones (excluding diaryl/α,β-unsaturated/α-hetero) is 1. The van der Waals surface area contributed by atoms with Crippen molar-refractivity contribution in [3.05, 3.63) is 101 Å². The number of carboxylic acid groups (broad SMARTS) is 1. The van der Waals surface area contributed by atoms with Gasteiger partial charge in [-0.3, -0.25) is 9.59 Å². The maximum atomic E-state index is 13.4. The molecule has 3 aromatic rings. The van der Waals surface area contributed by atoms with Gasteiger partial charge in [0.1, 0.15) is 12.4 Å². The van der Waals surface area contributed by atoms with Crippen LogP contribution >= 0.6 is 0 Å². The molecule has 0 aliphatic rings. The van der Waals surface area contributed by atoms with E-state index in [0.717, 1.165) is 16.7 Å². The lowest BCUT2D eigenvalue weighted by molar-refractivity contribution is -0.141. The molecule has 1 N–H and O–H groups in total. The minimum absolute atomic E-state index is 0.0949. The van der Waals surface area contributed by atoms with Gasteiger partial charge in [-0.1, -0.05) is 73.7 Å². The van der Waals surface area contributed by atoms with Gasteiger partial charge in [0.25, 0.3) is 0 Å². The number of hydrogen-bond donors (Lipinski definition) is 1. The predicted octanol–water partition coefficient (Wildman–Crippen LogP) is 5.65. The molecule has 30 heavy (non-hydrogen) atoms. The van der Waals surface area contributed by atoms with Crippen LogP contribution in [-0.4, -0.2) is 16.9 Å². The number of carboxylic acids is 1. The summed E-state index contributed by atoms with van der Waals surface area (Å²) in [6.07, 6.45) is 0.244. The summed E-state index contributed by atoms with van der Waals surface area (Å²) >= 11 is 0. The molecule has 0 spiro atoms. The van der Waals surface area contributed by atoms with Crippen molar-refractivity contribution >= 4 is 11.8 Å². The summed E-state index contributed by atoms with van der Waals surface area (Å²) < 4.78 is 5.87. The molecule has 4 nitrogen and oxygen atoms in total. The van der Waals surface area contributed by atoms with Crippen LogP contribution < -0.4 is 4.74 Å². The largest absolute Gasteiger partial charge is 0.489 e. The predicted molar refractivity (Wildman–Crippen MR) is 117 cm³/mol. The average molecular weight is 402 g/mol. The molecule has 0 bridgehead atoms. The van der Waals surface area contributed by atoms with Gasteiger partial charge in [0.2, 0.25) is 0 Å². The van der Waals surface area contributed by atoms with E-state index in [1.807, 2.05) is 67.6 Å². The van der Waals surface area contributed by atoms with E-state index >= 15 is 0 Å². The first-order valence-electron chi connectivity index (χ1n) is 10.0. The number of carbonyl (C=O) groups excluding carboxylic acids is 1. The van der Waals surface area contributed by atoms with Crippen LogP contribution in [-0.2, 0) is 11.4 Å². The number of aryl methyl sites for hydroxylation is 1. The molecule has 2 unspecified atom stereocenters. The number of aliphatic carboxylic acids is 1. The van der Waals surface area contributed by atoms with E-state index < -0.39 is 17.8 Å². The van der Waals surface area contributed by atoms with Crippen LogP contribution in [0.25, 0.3) is 0 Å². The molecule has 3 rings (SSSR count). The van der Waals surface area contributed by atoms with Crippen LogP contribution in [0, 0.1) is 12.8 Å². The van der Waals surface area contributed by atoms with Gasteiger partial charge in [-0.15, -0.1) is 0 Å². The Bertz CT molecular complexity index is 1010. The first kappa shape index (κ1) is 21.3. The number of carbonyl (C=O) groups is 2. The third-order valence-electron chi connectivity index (χ3n) is 5.26. The molecule has 0 radical (unpaired) electrons. The fourth-order valence-electron chi connectivity index (χ4n) is 3.49. The van der Waals surface area contributed by atoms with E-state index in [0.29, 0.717) is 17.9 Å². The zero-order valence-electron chi connectivity index (χ0n) is 17.2. The van der Waals surface area contributed by atoms with Crippen molar-refractivity contribution in [3.8, 4) is 5.75 Å². The van der Waals surface area contributed by atoms with Gasteiger partial charge >= 0.3 is 5.97 Å². The Morgan fingerprint density at radius 1 is 0.933 bits per heavy atom. The lowest BCUT2D eigenvalue weighted by atomic mass is 9.82. The Morgan fingerprint density at radius 2 is 1.63 bits per heavy atom. The molecule has 0 heterocycles. The second-order valence-electron chi connectivity index (χ2n) is 7.55. The van der Waals surface area contributed by atoms with Gasteiger partial charge in [-0.05, 0) is 42.2 Å². The monoisotopic (exact) mass is 402 g/mol. The quantitative estimate of drug-likeness (QED) is 0.470. The second-order valence-corrected chi connectivity index (χ2v) is 7.55. The molecule has 3 aromatic carbocycles. The number of benzene rings is 3. The zero-order valence-corrected chi connectivity index (χ0v) is 17.2. The molecular formula is C26H26O4. The second kappa shape index (κ2) is 9.88. The van der Waals surface area contributed by atoms with Crippen LogP contribution in [0.5, 0.6) is 5.75 Å². The molecule has 2 atom stereocenters. The maximum Gasteiger partial charge on any atom is 0.306 e. The van der Waals surface area contributed by atoms with E-state index in [1.165, 1.54) is 0 Å². The van der Waals surface area contributed by atoms with Crippen LogP contribution in [0.2, 0.25) is 0 Å². The summed E-state index contributed by atoms with van der Waals surface area (Å²) in [4.78, 5) is 24.9. The van der Waals surface area contributed by atoms with Gasteiger partial charge < -0.3 is 9.84 Å². The smallest absolute Gasteiger partial charge is 0.306 e. The first-order valence-corrected chi connectivity index (χ1v) is 10.0. The molecule has 154 valence electrons. The molecular weight excluding hydrogens is 376 g/mol. The number of hydrogen-bond acceptors (Lipinski definition) is 3. The van der Waals surface area contributed by atoms with Crippen molar-refractivity contribution in [1.29, 1.82) is 0 Å². The van der Waals surface area contributed by atoms with Crippen LogP contribution in [0.3, 0.4) is 0 Å². The summed E-state index contributed by atoms with van der Waals surface area (Å²) in [7, 11) is 0. The van der Waals surface area contributed by atoms with E-state index in [4.69, 9.17) is 4.74 Å². The Labute approximate surface area is 177 Å². The Kier molecular flexibility index (Phi) is 7.02. The van der Waals surface area contributed by atoms with Gasteiger partial charge in [-0.2, -0.15) is 0 Å². The third kappa shape index (κ3) is 5.35. The molecule has 4 heteroatoms. The molecule has 0 aliphatic carbocycles. The van der Waals surface area contributed by atoms with Gasteiger partial charge in [0.15, 0.2) is 5.78 Å². The highest BCUT2D eigenvalue weighted by Crippen LogP contribution is 2.31. The fourth-order valence-corrected chi connectivity index (χ4v) is 3.49. The van der Waals surface area contributed by atoms with Gasteiger partial charge in [0.05, 0.1) is 5.92 Å². The van der Waals surface area contributed by atoms with Crippen LogP contribution in [0.4, 0.5) is 0 Å². The van der Waals surface area contributed by atoms with Crippen LogP contribution in [0.15, 0.2) is 78.9 Å². The fraction of sp³-hybridized carbons (Fsp3) is 0.231. The van der Waals surface area contributed by atoms with E-state index in [1.54, 1.807) is 25.1 Å². The molecule has 0 aliphatic heterocycles. The van der Waals surface area contributed by atoms with Crippen molar-refractivity contribution in [2.24, 2.45) is 5.92 Å². The maximum absolute atomic E-state index is 13.4. The lowest BCUT2D eigenvalue weighted by Crippen LogP contribution is -2.21. The highest BCUT2D eigenvalue weighted by atomic mass is 16.5. The standard InChI is InChI=1S/C26H26O4/c1-18-9-6-7-14-23(18)24(15-19(2)26(28)29)25(27)21-12-8-13-22(16-21)30-17-20-10-4-3-5-11-20/h3-14,16,19,24H,15,17H2,1-2H3,(H,28,29). The Balaban J connectivity index is 1.85. The van der Waals surface area contributed by atoms with E-state index in [2.05, 4.69) is 0 Å². The minimum Gasteiger partial charge on any atom is -0.489 e. The highest BCUT2D eigenvalue weighted by Gasteiger charge is 2.28. The van der Waals surface area contributed by atoms with Crippen molar-refractivity contribution < 1.29 is 19.4 Å². The molecule has 0 aromatic heterocycles. The zero-order chi connectivity index (χ0) is 21.5. The molecule has 0 saturated heterocycles. The number of ketones is 1. The van der Waals surface area contributed by atoms with Crippen molar-refractivity contribution in [3.63, 3.8) is 0 Å². The van der Waals surface area contributed by atoms with Gasteiger partial charge in [-0.25, -0.2) is 0 Å². The summed E-state index contributed by atoms with van der Waals surface area (Å²) in [6, 6.07) is 24.6. The van der Waals surface area contributed by atoms with Gasteiger partial charge in [0, 0.05) is 11.5 Å². The van der Waals surface area contributed by atoms with E-state index in [9.17, 15) is 14.7 Å². The van der Waals surface area contributed by atoms with Crippen molar-refractivity contribution in [1.82, 2.24) is 0 Å². The summed E-state index contributed by atoms with van der Waals surface area (Å²) in [6.45, 7) is 4.00.